The first-order valence-electron chi connectivity index (χ1n) is 8.45. The molecular formula is C19H21N3O3S. The van der Waals surface area contributed by atoms with Gasteiger partial charge in [-0.05, 0) is 36.6 Å². The molecule has 1 unspecified atom stereocenters. The van der Waals surface area contributed by atoms with Gasteiger partial charge in [-0.2, -0.15) is 0 Å². The topological polar surface area (TPSA) is 87.6 Å². The first-order chi connectivity index (χ1) is 12.4. The van der Waals surface area contributed by atoms with E-state index < -0.39 is 10.0 Å². The van der Waals surface area contributed by atoms with E-state index in [1.165, 1.54) is 11.6 Å². The van der Waals surface area contributed by atoms with Crippen molar-refractivity contribution in [2.45, 2.75) is 31.2 Å². The number of carbonyl (C=O) groups excluding carboxylic acids is 1. The molecule has 7 heteroatoms. The second-order valence-electron chi connectivity index (χ2n) is 6.15. The highest BCUT2D eigenvalue weighted by Gasteiger charge is 2.30. The fourth-order valence-corrected chi connectivity index (χ4v) is 4.07. The first kappa shape index (κ1) is 18.1. The monoisotopic (exact) mass is 371 g/mol. The Morgan fingerprint density at radius 2 is 1.85 bits per heavy atom. The molecule has 0 saturated heterocycles. The molecule has 136 valence electrons. The number of aliphatic imine (C=N–C) groups is 1. The molecule has 0 radical (unpaired) electrons. The number of nitrogens with zero attached hydrogens (tertiary/aromatic N) is 1. The Bertz CT molecular complexity index is 950. The van der Waals surface area contributed by atoms with Gasteiger partial charge < -0.3 is 5.32 Å². The van der Waals surface area contributed by atoms with Crippen molar-refractivity contribution in [1.82, 2.24) is 10.0 Å². The van der Waals surface area contributed by atoms with Gasteiger partial charge in [0.1, 0.15) is 12.4 Å². The van der Waals surface area contributed by atoms with E-state index in [0.717, 1.165) is 12.0 Å². The summed E-state index contributed by atoms with van der Waals surface area (Å²) in [5, 5.41) is 2.88. The highest BCUT2D eigenvalue weighted by Crippen LogP contribution is 2.22. The number of nitrogens with one attached hydrogen (secondary N) is 2. The molecule has 2 aromatic carbocycles. The lowest BCUT2D eigenvalue weighted by Gasteiger charge is -2.14. The van der Waals surface area contributed by atoms with Crippen LogP contribution in [-0.2, 0) is 21.2 Å². The summed E-state index contributed by atoms with van der Waals surface area (Å²) in [6, 6.07) is 14.5. The second kappa shape index (κ2) is 7.29. The number of rotatable bonds is 5. The standard InChI is InChI=1S/C19H21N3O3S/c1-3-14-8-10-15(11-9-14)13(2)21-18(23)12-20-19-16-6-4-5-7-17(16)26(24,25)22-19/h4-11,13H,3,12H2,1-2H3,(H,20,22)(H,21,23). The summed E-state index contributed by atoms with van der Waals surface area (Å²) in [4.78, 5) is 16.5. The highest BCUT2D eigenvalue weighted by molar-refractivity contribution is 7.90. The molecule has 2 aromatic rings. The van der Waals surface area contributed by atoms with Gasteiger partial charge in [0.2, 0.25) is 5.91 Å². The summed E-state index contributed by atoms with van der Waals surface area (Å²) in [6.45, 7) is 3.85. The normalized spacial score (nSPS) is 17.4. The van der Waals surface area contributed by atoms with E-state index in [9.17, 15) is 13.2 Å². The lowest BCUT2D eigenvalue weighted by molar-refractivity contribution is -0.120. The number of carbonyl (C=O) groups is 1. The molecule has 3 rings (SSSR count). The van der Waals surface area contributed by atoms with Crippen LogP contribution in [0.1, 0.15) is 36.6 Å². The van der Waals surface area contributed by atoms with Gasteiger partial charge in [0.25, 0.3) is 10.0 Å². The molecule has 0 aliphatic carbocycles. The van der Waals surface area contributed by atoms with Gasteiger partial charge in [0, 0.05) is 5.56 Å². The van der Waals surface area contributed by atoms with Gasteiger partial charge in [0.05, 0.1) is 10.9 Å². The summed E-state index contributed by atoms with van der Waals surface area (Å²) in [6.07, 6.45) is 0.968. The van der Waals surface area contributed by atoms with E-state index in [-0.39, 0.29) is 29.2 Å². The molecule has 1 heterocycles. The third-order valence-corrected chi connectivity index (χ3v) is 5.71. The fraction of sp³-hybridized carbons (Fsp3) is 0.263. The van der Waals surface area contributed by atoms with Gasteiger partial charge in [-0.3, -0.25) is 14.5 Å². The zero-order valence-corrected chi connectivity index (χ0v) is 15.5. The minimum absolute atomic E-state index is 0.149. The minimum Gasteiger partial charge on any atom is -0.348 e. The molecule has 2 N–H and O–H groups in total. The summed E-state index contributed by atoms with van der Waals surface area (Å²) in [7, 11) is -3.59. The van der Waals surface area contributed by atoms with E-state index in [1.807, 2.05) is 31.2 Å². The maximum absolute atomic E-state index is 12.2. The van der Waals surface area contributed by atoms with E-state index >= 15 is 0 Å². The van der Waals surface area contributed by atoms with Crippen molar-refractivity contribution in [3.63, 3.8) is 0 Å². The molecule has 0 bridgehead atoms. The molecule has 0 fully saturated rings. The molecular weight excluding hydrogens is 350 g/mol. The van der Waals surface area contributed by atoms with E-state index in [2.05, 4.69) is 22.0 Å². The van der Waals surface area contributed by atoms with Gasteiger partial charge >= 0.3 is 0 Å². The third kappa shape index (κ3) is 3.77. The Morgan fingerprint density at radius 3 is 2.54 bits per heavy atom. The summed E-state index contributed by atoms with van der Waals surface area (Å²) >= 11 is 0. The van der Waals surface area contributed by atoms with Crippen LogP contribution in [0.3, 0.4) is 0 Å². The first-order valence-corrected chi connectivity index (χ1v) is 9.94. The summed E-state index contributed by atoms with van der Waals surface area (Å²) < 4.78 is 26.5. The minimum atomic E-state index is -3.59. The van der Waals surface area contributed by atoms with Crippen LogP contribution in [0.15, 0.2) is 58.4 Å². The van der Waals surface area contributed by atoms with E-state index in [4.69, 9.17) is 0 Å². The van der Waals surface area contributed by atoms with Crippen molar-refractivity contribution in [3.8, 4) is 0 Å². The zero-order valence-electron chi connectivity index (χ0n) is 14.7. The zero-order chi connectivity index (χ0) is 18.7. The van der Waals surface area contributed by atoms with Gasteiger partial charge in [-0.15, -0.1) is 0 Å². The predicted octanol–water partition coefficient (Wildman–Crippen LogP) is 2.16. The number of amidine groups is 1. The Kier molecular flexibility index (Phi) is 5.08. The van der Waals surface area contributed by atoms with E-state index in [0.29, 0.717) is 5.56 Å². The molecule has 26 heavy (non-hydrogen) atoms. The lowest BCUT2D eigenvalue weighted by Crippen LogP contribution is -2.30. The van der Waals surface area contributed by atoms with Gasteiger partial charge in [-0.1, -0.05) is 43.3 Å². The van der Waals surface area contributed by atoms with Crippen LogP contribution in [0.5, 0.6) is 0 Å². The largest absolute Gasteiger partial charge is 0.348 e. The number of benzene rings is 2. The number of aryl methyl sites for hydroxylation is 1. The van der Waals surface area contributed by atoms with Crippen molar-refractivity contribution in [1.29, 1.82) is 0 Å². The smallest absolute Gasteiger partial charge is 0.263 e. The molecule has 0 saturated carbocycles. The SMILES string of the molecule is CCc1ccc(C(C)NC(=O)CN=C2NS(=O)(=O)c3ccccc32)cc1. The van der Waals surface area contributed by atoms with Crippen LogP contribution < -0.4 is 10.0 Å². The molecule has 1 aliphatic heterocycles. The number of hydrogen-bond donors (Lipinski definition) is 2. The summed E-state index contributed by atoms with van der Waals surface area (Å²) in [5.74, 6) is -0.0659. The Labute approximate surface area is 153 Å². The molecule has 0 aromatic heterocycles. The van der Waals surface area contributed by atoms with Crippen molar-refractivity contribution in [2.24, 2.45) is 4.99 Å². The molecule has 1 amide bonds. The Balaban J connectivity index is 1.66. The third-order valence-electron chi connectivity index (χ3n) is 4.31. The van der Waals surface area contributed by atoms with Gasteiger partial charge in [-0.25, -0.2) is 8.42 Å². The fourth-order valence-electron chi connectivity index (χ4n) is 2.81. The van der Waals surface area contributed by atoms with Crippen molar-refractivity contribution < 1.29 is 13.2 Å². The van der Waals surface area contributed by atoms with Gasteiger partial charge in [0.15, 0.2) is 0 Å². The van der Waals surface area contributed by atoms with Crippen LogP contribution >= 0.6 is 0 Å². The van der Waals surface area contributed by atoms with Crippen molar-refractivity contribution in [3.05, 3.63) is 65.2 Å². The maximum atomic E-state index is 12.2. The van der Waals surface area contributed by atoms with Crippen LogP contribution in [0.4, 0.5) is 0 Å². The summed E-state index contributed by atoms with van der Waals surface area (Å²) in [5.41, 5.74) is 2.74. The number of fused-ring (bicyclic) bond motifs is 1. The van der Waals surface area contributed by atoms with Crippen molar-refractivity contribution in [2.75, 3.05) is 6.54 Å². The molecule has 6 nitrogen and oxygen atoms in total. The highest BCUT2D eigenvalue weighted by atomic mass is 32.2. The number of amides is 1. The van der Waals surface area contributed by atoms with Crippen LogP contribution in [0.2, 0.25) is 0 Å². The predicted molar refractivity (Wildman–Crippen MR) is 101 cm³/mol. The van der Waals surface area contributed by atoms with Crippen LogP contribution in [0, 0.1) is 0 Å². The number of hydrogen-bond acceptors (Lipinski definition) is 4. The van der Waals surface area contributed by atoms with E-state index in [1.54, 1.807) is 18.2 Å². The van der Waals surface area contributed by atoms with Crippen LogP contribution in [0.25, 0.3) is 0 Å². The second-order valence-corrected chi connectivity index (χ2v) is 7.80. The number of sulfonamides is 1. The molecule has 0 spiro atoms. The maximum Gasteiger partial charge on any atom is 0.263 e. The molecule has 1 aliphatic rings. The van der Waals surface area contributed by atoms with Crippen molar-refractivity contribution >= 4 is 21.8 Å². The quantitative estimate of drug-likeness (QED) is 0.844. The molecule has 1 atom stereocenters. The average Bonchev–Trinajstić information content (AvgIpc) is 2.91. The lowest BCUT2D eigenvalue weighted by atomic mass is 10.1. The van der Waals surface area contributed by atoms with Crippen LogP contribution in [-0.4, -0.2) is 26.7 Å². The Hall–Kier alpha value is -2.67. The Morgan fingerprint density at radius 1 is 1.15 bits per heavy atom. The average molecular weight is 371 g/mol.